The third kappa shape index (κ3) is 4.46. The van der Waals surface area contributed by atoms with Crippen LogP contribution in [0.2, 0.25) is 0 Å². The topological polar surface area (TPSA) is 35.6 Å². The Hall–Kier alpha value is -1.55. The number of nitrogens with one attached hydrogen (secondary N) is 1. The van der Waals surface area contributed by atoms with Gasteiger partial charge in [0.15, 0.2) is 0 Å². The molecule has 0 spiro atoms. The van der Waals surface area contributed by atoms with Crippen molar-refractivity contribution in [2.24, 2.45) is 0 Å². The number of aryl methyl sites for hydroxylation is 1. The molecule has 4 nitrogen and oxygen atoms in total. The van der Waals surface area contributed by atoms with E-state index >= 15 is 0 Å². The molecule has 1 aromatic rings. The molecule has 0 aliphatic carbocycles. The predicted molar refractivity (Wildman–Crippen MR) is 89.0 cm³/mol. The van der Waals surface area contributed by atoms with Crippen LogP contribution in [0.4, 0.5) is 11.4 Å². The molecule has 1 amide bonds. The molecule has 0 atom stereocenters. The molecule has 1 fully saturated rings. The lowest BCUT2D eigenvalue weighted by Gasteiger charge is -2.35. The Morgan fingerprint density at radius 3 is 2.57 bits per heavy atom. The summed E-state index contributed by atoms with van der Waals surface area (Å²) >= 11 is 0. The summed E-state index contributed by atoms with van der Waals surface area (Å²) in [6.07, 6.45) is 2.61. The smallest absolute Gasteiger partial charge is 0.224 e. The fourth-order valence-electron chi connectivity index (χ4n) is 2.70. The molecule has 1 aliphatic rings. The summed E-state index contributed by atoms with van der Waals surface area (Å²) < 4.78 is 0. The summed E-state index contributed by atoms with van der Waals surface area (Å²) in [5, 5.41) is 2.99. The van der Waals surface area contributed by atoms with Crippen molar-refractivity contribution in [2.45, 2.75) is 33.1 Å². The van der Waals surface area contributed by atoms with Crippen molar-refractivity contribution in [3.63, 3.8) is 0 Å². The van der Waals surface area contributed by atoms with E-state index in [1.54, 1.807) is 0 Å². The first-order valence-electron chi connectivity index (χ1n) is 7.94. The molecule has 4 heteroatoms. The standard InChI is InChI=1S/C17H27N3O/c1-4-5-6-17(21)18-15-7-8-16(14(2)13-15)20-11-9-19(3)10-12-20/h7-8,13H,4-6,9-12H2,1-3H3,(H,18,21). The number of carbonyl (C=O) groups excluding carboxylic acids is 1. The van der Waals surface area contributed by atoms with Crippen LogP contribution in [0, 0.1) is 6.92 Å². The number of rotatable bonds is 5. The molecule has 1 N–H and O–H groups in total. The average molecular weight is 289 g/mol. The Morgan fingerprint density at radius 1 is 1.24 bits per heavy atom. The van der Waals surface area contributed by atoms with E-state index in [9.17, 15) is 4.79 Å². The van der Waals surface area contributed by atoms with Crippen LogP contribution in [0.25, 0.3) is 0 Å². The fourth-order valence-corrected chi connectivity index (χ4v) is 2.70. The van der Waals surface area contributed by atoms with E-state index in [0.717, 1.165) is 44.7 Å². The molecule has 1 aromatic carbocycles. The number of amides is 1. The van der Waals surface area contributed by atoms with Gasteiger partial charge in [0, 0.05) is 44.0 Å². The second kappa shape index (κ2) is 7.46. The number of carbonyl (C=O) groups is 1. The second-order valence-corrected chi connectivity index (χ2v) is 5.94. The second-order valence-electron chi connectivity index (χ2n) is 5.94. The summed E-state index contributed by atoms with van der Waals surface area (Å²) in [6.45, 7) is 8.57. The molecule has 21 heavy (non-hydrogen) atoms. The van der Waals surface area contributed by atoms with Gasteiger partial charge in [0.2, 0.25) is 5.91 Å². The summed E-state index contributed by atoms with van der Waals surface area (Å²) in [6, 6.07) is 6.23. The van der Waals surface area contributed by atoms with Crippen LogP contribution >= 0.6 is 0 Å². The van der Waals surface area contributed by atoms with E-state index in [1.165, 1.54) is 11.3 Å². The Labute approximate surface area is 128 Å². The van der Waals surface area contributed by atoms with Crippen molar-refractivity contribution in [1.82, 2.24) is 4.90 Å². The summed E-state index contributed by atoms with van der Waals surface area (Å²) in [5.41, 5.74) is 3.42. The summed E-state index contributed by atoms with van der Waals surface area (Å²) in [7, 11) is 2.17. The van der Waals surface area contributed by atoms with Gasteiger partial charge in [-0.3, -0.25) is 4.79 Å². The Bertz CT molecular complexity index is 479. The highest BCUT2D eigenvalue weighted by Gasteiger charge is 2.16. The van der Waals surface area contributed by atoms with Crippen LogP contribution in [0.1, 0.15) is 31.7 Å². The van der Waals surface area contributed by atoms with Crippen LogP contribution < -0.4 is 10.2 Å². The third-order valence-corrected chi connectivity index (χ3v) is 4.08. The molecule has 1 heterocycles. The van der Waals surface area contributed by atoms with Crippen molar-refractivity contribution < 1.29 is 4.79 Å². The van der Waals surface area contributed by atoms with Gasteiger partial charge in [-0.2, -0.15) is 0 Å². The average Bonchev–Trinajstić information content (AvgIpc) is 2.46. The van der Waals surface area contributed by atoms with Crippen molar-refractivity contribution in [3.05, 3.63) is 23.8 Å². The van der Waals surface area contributed by atoms with Crippen LogP contribution in [0.3, 0.4) is 0 Å². The molecular weight excluding hydrogens is 262 g/mol. The van der Waals surface area contributed by atoms with Gasteiger partial charge in [-0.1, -0.05) is 13.3 Å². The number of benzene rings is 1. The van der Waals surface area contributed by atoms with E-state index in [4.69, 9.17) is 0 Å². The molecule has 0 radical (unpaired) electrons. The van der Waals surface area contributed by atoms with Gasteiger partial charge >= 0.3 is 0 Å². The van der Waals surface area contributed by atoms with Crippen molar-refractivity contribution in [1.29, 1.82) is 0 Å². The highest BCUT2D eigenvalue weighted by molar-refractivity contribution is 5.91. The molecular formula is C17H27N3O. The zero-order valence-corrected chi connectivity index (χ0v) is 13.5. The van der Waals surface area contributed by atoms with Crippen molar-refractivity contribution in [3.8, 4) is 0 Å². The van der Waals surface area contributed by atoms with Gasteiger partial charge in [0.05, 0.1) is 0 Å². The maximum absolute atomic E-state index is 11.8. The first kappa shape index (κ1) is 15.8. The van der Waals surface area contributed by atoms with Crippen LogP contribution in [0.5, 0.6) is 0 Å². The minimum absolute atomic E-state index is 0.114. The van der Waals surface area contributed by atoms with E-state index in [0.29, 0.717) is 6.42 Å². The molecule has 2 rings (SSSR count). The number of likely N-dealkylation sites (N-methyl/N-ethyl adjacent to an activating group) is 1. The molecule has 0 unspecified atom stereocenters. The molecule has 0 saturated carbocycles. The van der Waals surface area contributed by atoms with Crippen molar-refractivity contribution in [2.75, 3.05) is 43.4 Å². The van der Waals surface area contributed by atoms with Gasteiger partial charge in [-0.25, -0.2) is 0 Å². The van der Waals surface area contributed by atoms with Gasteiger partial charge in [-0.05, 0) is 44.2 Å². The van der Waals surface area contributed by atoms with Gasteiger partial charge < -0.3 is 15.1 Å². The summed E-state index contributed by atoms with van der Waals surface area (Å²) in [5.74, 6) is 0.114. The van der Waals surface area contributed by atoms with Crippen LogP contribution in [0.15, 0.2) is 18.2 Å². The number of unbranched alkanes of at least 4 members (excludes halogenated alkanes) is 1. The maximum Gasteiger partial charge on any atom is 0.224 e. The Balaban J connectivity index is 1.98. The van der Waals surface area contributed by atoms with Gasteiger partial charge in [-0.15, -0.1) is 0 Å². The fraction of sp³-hybridized carbons (Fsp3) is 0.588. The normalized spacial score (nSPS) is 16.0. The number of hydrogen-bond acceptors (Lipinski definition) is 3. The Kier molecular flexibility index (Phi) is 5.62. The minimum Gasteiger partial charge on any atom is -0.369 e. The largest absolute Gasteiger partial charge is 0.369 e. The Morgan fingerprint density at radius 2 is 1.95 bits per heavy atom. The quantitative estimate of drug-likeness (QED) is 0.905. The minimum atomic E-state index is 0.114. The number of piperazine rings is 1. The molecule has 1 aliphatic heterocycles. The molecule has 116 valence electrons. The number of hydrogen-bond donors (Lipinski definition) is 1. The zero-order chi connectivity index (χ0) is 15.2. The van der Waals surface area contributed by atoms with Gasteiger partial charge in [0.25, 0.3) is 0 Å². The lowest BCUT2D eigenvalue weighted by Crippen LogP contribution is -2.44. The first-order chi connectivity index (χ1) is 10.1. The SMILES string of the molecule is CCCCC(=O)Nc1ccc(N2CCN(C)CC2)c(C)c1. The van der Waals surface area contributed by atoms with E-state index < -0.39 is 0 Å². The first-order valence-corrected chi connectivity index (χ1v) is 7.94. The molecule has 1 saturated heterocycles. The predicted octanol–water partition coefficient (Wildman–Crippen LogP) is 2.88. The number of nitrogens with zero attached hydrogens (tertiary/aromatic N) is 2. The van der Waals surface area contributed by atoms with Gasteiger partial charge in [0.1, 0.15) is 0 Å². The summed E-state index contributed by atoms with van der Waals surface area (Å²) in [4.78, 5) is 16.6. The zero-order valence-electron chi connectivity index (χ0n) is 13.5. The lowest BCUT2D eigenvalue weighted by atomic mass is 10.1. The van der Waals surface area contributed by atoms with Crippen molar-refractivity contribution >= 4 is 17.3 Å². The van der Waals surface area contributed by atoms with E-state index in [-0.39, 0.29) is 5.91 Å². The highest BCUT2D eigenvalue weighted by atomic mass is 16.1. The maximum atomic E-state index is 11.8. The lowest BCUT2D eigenvalue weighted by molar-refractivity contribution is -0.116. The van der Waals surface area contributed by atoms with E-state index in [1.807, 2.05) is 6.07 Å². The monoisotopic (exact) mass is 289 g/mol. The third-order valence-electron chi connectivity index (χ3n) is 4.08. The van der Waals surface area contributed by atoms with Crippen LogP contribution in [-0.4, -0.2) is 44.0 Å². The van der Waals surface area contributed by atoms with E-state index in [2.05, 4.69) is 48.1 Å². The molecule has 0 aromatic heterocycles. The highest BCUT2D eigenvalue weighted by Crippen LogP contribution is 2.24. The number of anilines is 2. The van der Waals surface area contributed by atoms with Crippen LogP contribution in [-0.2, 0) is 4.79 Å². The molecule has 0 bridgehead atoms.